The Balaban J connectivity index is 2.09. The largest absolute Gasteiger partial charge is 0.479 e. The van der Waals surface area contributed by atoms with E-state index in [9.17, 15) is 4.79 Å². The minimum atomic E-state index is -0.586. The van der Waals surface area contributed by atoms with E-state index in [-0.39, 0.29) is 5.91 Å². The first kappa shape index (κ1) is 22.1. The van der Waals surface area contributed by atoms with Gasteiger partial charge in [-0.25, -0.2) is 0 Å². The Labute approximate surface area is 162 Å². The normalized spacial score (nSPS) is 12.0. The van der Waals surface area contributed by atoms with Crippen LogP contribution in [0.2, 0.25) is 10.0 Å². The maximum atomic E-state index is 12.1. The van der Waals surface area contributed by atoms with Gasteiger partial charge in [0.25, 0.3) is 5.91 Å². The monoisotopic (exact) mass is 387 g/mol. The molecule has 1 aromatic carbocycles. The summed E-state index contributed by atoms with van der Waals surface area (Å²) in [6.07, 6.45) is 10.8. The van der Waals surface area contributed by atoms with Crippen molar-refractivity contribution in [3.8, 4) is 5.75 Å². The van der Waals surface area contributed by atoms with Crippen LogP contribution in [0.25, 0.3) is 0 Å². The van der Waals surface area contributed by atoms with Gasteiger partial charge < -0.3 is 10.1 Å². The minimum absolute atomic E-state index is 0.120. The molecule has 1 rings (SSSR count). The predicted molar refractivity (Wildman–Crippen MR) is 107 cm³/mol. The molecule has 0 heterocycles. The zero-order valence-electron chi connectivity index (χ0n) is 15.5. The molecule has 0 fully saturated rings. The van der Waals surface area contributed by atoms with Crippen LogP contribution in [0.4, 0.5) is 0 Å². The molecular weight excluding hydrogens is 357 g/mol. The molecule has 1 amide bonds. The van der Waals surface area contributed by atoms with E-state index in [1.54, 1.807) is 25.1 Å². The number of carbonyl (C=O) groups excluding carboxylic acids is 1. The van der Waals surface area contributed by atoms with Gasteiger partial charge in [0.1, 0.15) is 5.75 Å². The van der Waals surface area contributed by atoms with Crippen LogP contribution < -0.4 is 10.1 Å². The molecular formula is C20H31Cl2NO2. The lowest BCUT2D eigenvalue weighted by Gasteiger charge is -2.15. The highest BCUT2D eigenvalue weighted by molar-refractivity contribution is 6.35. The third-order valence-electron chi connectivity index (χ3n) is 4.15. The predicted octanol–water partition coefficient (Wildman–Crippen LogP) is 6.41. The summed E-state index contributed by atoms with van der Waals surface area (Å²) in [6.45, 7) is 4.65. The topological polar surface area (TPSA) is 38.3 Å². The zero-order chi connectivity index (χ0) is 18.5. The van der Waals surface area contributed by atoms with Crippen LogP contribution >= 0.6 is 23.2 Å². The van der Waals surface area contributed by atoms with Crippen LogP contribution in [0.5, 0.6) is 5.75 Å². The minimum Gasteiger partial charge on any atom is -0.479 e. The van der Waals surface area contributed by atoms with Crippen molar-refractivity contribution in [1.82, 2.24) is 5.32 Å². The molecule has 1 N–H and O–H groups in total. The molecule has 0 saturated carbocycles. The first-order valence-electron chi connectivity index (χ1n) is 9.44. The van der Waals surface area contributed by atoms with E-state index in [0.29, 0.717) is 22.3 Å². The highest BCUT2D eigenvalue weighted by Crippen LogP contribution is 2.28. The van der Waals surface area contributed by atoms with E-state index in [1.807, 2.05) is 0 Å². The van der Waals surface area contributed by atoms with E-state index in [1.165, 1.54) is 44.9 Å². The molecule has 1 aromatic rings. The van der Waals surface area contributed by atoms with E-state index in [0.717, 1.165) is 12.8 Å². The molecule has 142 valence electrons. The average Bonchev–Trinajstić information content (AvgIpc) is 2.58. The van der Waals surface area contributed by atoms with Crippen LogP contribution in [0.15, 0.2) is 18.2 Å². The Morgan fingerprint density at radius 3 is 2.24 bits per heavy atom. The van der Waals surface area contributed by atoms with Crippen LogP contribution in [0, 0.1) is 0 Å². The van der Waals surface area contributed by atoms with Gasteiger partial charge in [-0.15, -0.1) is 0 Å². The Morgan fingerprint density at radius 1 is 1.04 bits per heavy atom. The van der Waals surface area contributed by atoms with Gasteiger partial charge in [-0.1, -0.05) is 81.5 Å². The molecule has 1 atom stereocenters. The molecule has 0 aliphatic carbocycles. The fourth-order valence-corrected chi connectivity index (χ4v) is 3.06. The summed E-state index contributed by atoms with van der Waals surface area (Å²) in [7, 11) is 0. The molecule has 0 spiro atoms. The molecule has 3 nitrogen and oxygen atoms in total. The smallest absolute Gasteiger partial charge is 0.260 e. The number of unbranched alkanes of at least 4 members (excludes halogenated alkanes) is 8. The first-order chi connectivity index (χ1) is 12.0. The fourth-order valence-electron chi connectivity index (χ4n) is 2.61. The summed E-state index contributed by atoms with van der Waals surface area (Å²) in [5.41, 5.74) is 0. The van der Waals surface area contributed by atoms with Crippen molar-refractivity contribution < 1.29 is 9.53 Å². The third kappa shape index (κ3) is 9.96. The number of hydrogen-bond acceptors (Lipinski definition) is 2. The Hall–Kier alpha value is -0.930. The molecule has 0 aromatic heterocycles. The molecule has 0 radical (unpaired) electrons. The highest BCUT2D eigenvalue weighted by atomic mass is 35.5. The van der Waals surface area contributed by atoms with Gasteiger partial charge >= 0.3 is 0 Å². The standard InChI is InChI=1S/C20H31Cl2NO2/c1-3-4-5-6-7-8-9-10-11-14-23-20(24)16(2)25-19-13-12-17(21)15-18(19)22/h12-13,15-16H,3-11,14H2,1-2H3,(H,23,24). The third-order valence-corrected chi connectivity index (χ3v) is 4.68. The summed E-state index contributed by atoms with van der Waals surface area (Å²) in [5, 5.41) is 3.87. The van der Waals surface area contributed by atoms with Crippen LogP contribution in [0.1, 0.15) is 71.6 Å². The van der Waals surface area contributed by atoms with Gasteiger partial charge in [0.05, 0.1) is 5.02 Å². The molecule has 0 aliphatic rings. The maximum absolute atomic E-state index is 12.1. The lowest BCUT2D eigenvalue weighted by Crippen LogP contribution is -2.36. The van der Waals surface area contributed by atoms with Crippen LogP contribution in [0.3, 0.4) is 0 Å². The summed E-state index contributed by atoms with van der Waals surface area (Å²) in [4.78, 5) is 12.1. The van der Waals surface area contributed by atoms with E-state index >= 15 is 0 Å². The maximum Gasteiger partial charge on any atom is 0.260 e. The summed E-state index contributed by atoms with van der Waals surface area (Å²) < 4.78 is 5.60. The Morgan fingerprint density at radius 2 is 1.64 bits per heavy atom. The molecule has 5 heteroatoms. The Kier molecular flexibility index (Phi) is 11.8. The average molecular weight is 388 g/mol. The van der Waals surface area contributed by atoms with E-state index < -0.39 is 6.10 Å². The van der Waals surface area contributed by atoms with Gasteiger partial charge in [0.15, 0.2) is 6.10 Å². The molecule has 1 unspecified atom stereocenters. The van der Waals surface area contributed by atoms with Gasteiger partial charge in [0, 0.05) is 11.6 Å². The van der Waals surface area contributed by atoms with Gasteiger partial charge in [-0.3, -0.25) is 4.79 Å². The second-order valence-electron chi connectivity index (χ2n) is 6.45. The van der Waals surface area contributed by atoms with Crippen molar-refractivity contribution in [2.45, 2.75) is 77.7 Å². The second-order valence-corrected chi connectivity index (χ2v) is 7.30. The molecule has 25 heavy (non-hydrogen) atoms. The van der Waals surface area contributed by atoms with Crippen molar-refractivity contribution in [1.29, 1.82) is 0 Å². The van der Waals surface area contributed by atoms with Gasteiger partial charge in [-0.2, -0.15) is 0 Å². The number of halogens is 2. The van der Waals surface area contributed by atoms with Crippen molar-refractivity contribution >= 4 is 29.1 Å². The summed E-state index contributed by atoms with van der Waals surface area (Å²) in [6, 6.07) is 4.97. The lowest BCUT2D eigenvalue weighted by atomic mass is 10.1. The van der Waals surface area contributed by atoms with Crippen molar-refractivity contribution in [2.24, 2.45) is 0 Å². The number of rotatable bonds is 13. The highest BCUT2D eigenvalue weighted by Gasteiger charge is 2.15. The SMILES string of the molecule is CCCCCCCCCCCNC(=O)C(C)Oc1ccc(Cl)cc1Cl. The van der Waals surface area contributed by atoms with Crippen molar-refractivity contribution in [2.75, 3.05) is 6.54 Å². The molecule has 0 aliphatic heterocycles. The lowest BCUT2D eigenvalue weighted by molar-refractivity contribution is -0.127. The summed E-state index contributed by atoms with van der Waals surface area (Å²) >= 11 is 11.9. The molecule has 0 bridgehead atoms. The summed E-state index contributed by atoms with van der Waals surface area (Å²) in [5.74, 6) is 0.349. The number of amides is 1. The van der Waals surface area contributed by atoms with E-state index in [4.69, 9.17) is 27.9 Å². The Bertz CT molecular complexity index is 508. The number of nitrogens with one attached hydrogen (secondary N) is 1. The number of ether oxygens (including phenoxy) is 1. The fraction of sp³-hybridized carbons (Fsp3) is 0.650. The van der Waals surface area contributed by atoms with E-state index in [2.05, 4.69) is 12.2 Å². The van der Waals surface area contributed by atoms with Gasteiger partial charge in [0.2, 0.25) is 0 Å². The number of carbonyl (C=O) groups is 1. The first-order valence-corrected chi connectivity index (χ1v) is 10.2. The van der Waals surface area contributed by atoms with Crippen molar-refractivity contribution in [3.05, 3.63) is 28.2 Å². The van der Waals surface area contributed by atoms with Crippen LogP contribution in [-0.4, -0.2) is 18.6 Å². The zero-order valence-corrected chi connectivity index (χ0v) is 17.0. The van der Waals surface area contributed by atoms with Gasteiger partial charge in [-0.05, 0) is 31.5 Å². The van der Waals surface area contributed by atoms with Crippen molar-refractivity contribution in [3.63, 3.8) is 0 Å². The molecule has 0 saturated heterocycles. The number of hydrogen-bond donors (Lipinski definition) is 1. The van der Waals surface area contributed by atoms with Crippen LogP contribution in [-0.2, 0) is 4.79 Å². The second kappa shape index (κ2) is 13.3. The number of benzene rings is 1. The quantitative estimate of drug-likeness (QED) is 0.397.